The van der Waals surface area contributed by atoms with Gasteiger partial charge >= 0.3 is 0 Å². The summed E-state index contributed by atoms with van der Waals surface area (Å²) in [5.41, 5.74) is -0.649. The molecule has 6 heteroatoms. The van der Waals surface area contributed by atoms with Crippen molar-refractivity contribution in [1.29, 1.82) is 0 Å². The summed E-state index contributed by atoms with van der Waals surface area (Å²) >= 11 is 0. The summed E-state index contributed by atoms with van der Waals surface area (Å²) in [6.45, 7) is 0. The predicted octanol–water partition coefficient (Wildman–Crippen LogP) is 2.22. The second-order valence-corrected chi connectivity index (χ2v) is 2.50. The van der Waals surface area contributed by atoms with Crippen molar-refractivity contribution in [3.05, 3.63) is 45.6 Å². The lowest BCUT2D eigenvalue weighted by atomic mass is 10.2. The van der Waals surface area contributed by atoms with E-state index in [-0.39, 0.29) is 0 Å². The molecule has 0 bridgehead atoms. The number of halogens is 2. The summed E-state index contributed by atoms with van der Waals surface area (Å²) in [6, 6.07) is 1.27. The third-order valence-corrected chi connectivity index (χ3v) is 1.53. The SMILES string of the molecule is [2H]C([2H])([2H])Oc1cc(F)c(/C=C/[N+](=O)[O-])c(F)c1. The fourth-order valence-corrected chi connectivity index (χ4v) is 0.915. The highest BCUT2D eigenvalue weighted by Crippen LogP contribution is 2.21. The molecule has 0 heterocycles. The fraction of sp³-hybridized carbons (Fsp3) is 0.111. The molecule has 0 aliphatic carbocycles. The average Bonchev–Trinajstić information content (AvgIpc) is 2.12. The Morgan fingerprint density at radius 3 is 2.60 bits per heavy atom. The second kappa shape index (κ2) is 4.50. The van der Waals surface area contributed by atoms with Gasteiger partial charge in [0, 0.05) is 18.2 Å². The lowest BCUT2D eigenvalue weighted by molar-refractivity contribution is -0.401. The Labute approximate surface area is 88.1 Å². The third kappa shape index (κ3) is 2.73. The van der Waals surface area contributed by atoms with Crippen molar-refractivity contribution >= 4 is 6.08 Å². The number of hydrogen-bond donors (Lipinski definition) is 0. The van der Waals surface area contributed by atoms with Gasteiger partial charge in [0.25, 0.3) is 0 Å². The van der Waals surface area contributed by atoms with Crippen LogP contribution in [0.15, 0.2) is 18.3 Å². The Balaban J connectivity index is 3.09. The first-order valence-corrected chi connectivity index (χ1v) is 3.69. The van der Waals surface area contributed by atoms with Crippen molar-refractivity contribution in [3.8, 4) is 5.75 Å². The van der Waals surface area contributed by atoms with E-state index in [2.05, 4.69) is 4.74 Å². The van der Waals surface area contributed by atoms with Gasteiger partial charge in [0.1, 0.15) is 17.4 Å². The molecule has 15 heavy (non-hydrogen) atoms. The normalized spacial score (nSPS) is 14.4. The van der Waals surface area contributed by atoms with E-state index in [9.17, 15) is 18.9 Å². The van der Waals surface area contributed by atoms with Gasteiger partial charge in [-0.05, 0) is 0 Å². The molecule has 0 saturated heterocycles. The average molecular weight is 218 g/mol. The maximum absolute atomic E-state index is 13.4. The molecule has 0 saturated carbocycles. The maximum atomic E-state index is 13.4. The summed E-state index contributed by atoms with van der Waals surface area (Å²) in [5, 5.41) is 10.0. The largest absolute Gasteiger partial charge is 0.497 e. The number of nitrogens with zero attached hydrogens (tertiary/aromatic N) is 1. The van der Waals surface area contributed by atoms with E-state index in [0.717, 1.165) is 0 Å². The minimum Gasteiger partial charge on any atom is -0.497 e. The van der Waals surface area contributed by atoms with Crippen LogP contribution in [0, 0.1) is 21.7 Å². The number of benzene rings is 1. The van der Waals surface area contributed by atoms with E-state index in [1.807, 2.05) is 0 Å². The zero-order chi connectivity index (χ0) is 13.9. The highest BCUT2D eigenvalue weighted by molar-refractivity contribution is 5.51. The molecule has 80 valence electrons. The van der Waals surface area contributed by atoms with Crippen LogP contribution in [-0.4, -0.2) is 12.0 Å². The third-order valence-electron chi connectivity index (χ3n) is 1.53. The lowest BCUT2D eigenvalue weighted by Gasteiger charge is -2.02. The molecular formula is C9H7F2NO3. The Bertz CT molecular complexity index is 479. The van der Waals surface area contributed by atoms with Crippen molar-refractivity contribution < 1.29 is 22.6 Å². The van der Waals surface area contributed by atoms with Crippen molar-refractivity contribution in [2.24, 2.45) is 0 Å². The summed E-state index contributed by atoms with van der Waals surface area (Å²) in [4.78, 5) is 9.14. The Morgan fingerprint density at radius 2 is 2.13 bits per heavy atom. The van der Waals surface area contributed by atoms with Crippen LogP contribution in [-0.2, 0) is 0 Å². The van der Waals surface area contributed by atoms with Crippen molar-refractivity contribution in [2.45, 2.75) is 0 Å². The number of nitro groups is 1. The van der Waals surface area contributed by atoms with Crippen molar-refractivity contribution in [1.82, 2.24) is 0 Å². The molecule has 0 aliphatic heterocycles. The van der Waals surface area contributed by atoms with Crippen LogP contribution in [0.5, 0.6) is 5.75 Å². The Morgan fingerprint density at radius 1 is 1.53 bits per heavy atom. The minimum absolute atomic E-state index is 0.367. The van der Waals surface area contributed by atoms with Gasteiger partial charge in [-0.1, -0.05) is 0 Å². The minimum atomic E-state index is -2.84. The monoisotopic (exact) mass is 218 g/mol. The smallest absolute Gasteiger partial charge is 0.235 e. The lowest BCUT2D eigenvalue weighted by Crippen LogP contribution is -1.93. The van der Waals surface area contributed by atoms with Crippen molar-refractivity contribution in [3.63, 3.8) is 0 Å². The van der Waals surface area contributed by atoms with Crippen LogP contribution in [0.1, 0.15) is 9.68 Å². The molecule has 0 unspecified atom stereocenters. The molecular weight excluding hydrogens is 208 g/mol. The summed E-state index contributed by atoms with van der Waals surface area (Å²) < 4.78 is 51.3. The molecule has 1 aromatic rings. The van der Waals surface area contributed by atoms with Gasteiger partial charge in [-0.25, -0.2) is 8.78 Å². The molecule has 0 spiro atoms. The predicted molar refractivity (Wildman–Crippen MR) is 48.9 cm³/mol. The molecule has 0 aliphatic rings. The van der Waals surface area contributed by atoms with Crippen molar-refractivity contribution in [2.75, 3.05) is 7.04 Å². The van der Waals surface area contributed by atoms with Gasteiger partial charge in [0.05, 0.1) is 21.6 Å². The number of hydrogen-bond acceptors (Lipinski definition) is 3. The van der Waals surface area contributed by atoms with Gasteiger partial charge in [-0.3, -0.25) is 10.1 Å². The molecule has 0 radical (unpaired) electrons. The number of ether oxygens (including phenoxy) is 1. The van der Waals surface area contributed by atoms with Gasteiger partial charge in [-0.2, -0.15) is 0 Å². The zero-order valence-electron chi connectivity index (χ0n) is 10.2. The van der Waals surface area contributed by atoms with Gasteiger partial charge in [0.2, 0.25) is 6.20 Å². The van der Waals surface area contributed by atoms with E-state index >= 15 is 0 Å². The first kappa shape index (κ1) is 7.33. The molecule has 0 atom stereocenters. The van der Waals surface area contributed by atoms with Crippen LogP contribution in [0.3, 0.4) is 0 Å². The van der Waals surface area contributed by atoms with E-state index < -0.39 is 34.9 Å². The summed E-state index contributed by atoms with van der Waals surface area (Å²) in [6.07, 6.45) is 0.996. The first-order valence-electron chi connectivity index (χ1n) is 5.19. The van der Waals surface area contributed by atoms with Crippen LogP contribution < -0.4 is 4.74 Å². The number of methoxy groups -OCH3 is 1. The zero-order valence-corrected chi connectivity index (χ0v) is 7.24. The van der Waals surface area contributed by atoms with Crippen LogP contribution >= 0.6 is 0 Å². The van der Waals surface area contributed by atoms with Gasteiger partial charge in [-0.15, -0.1) is 0 Å². The fourth-order valence-electron chi connectivity index (χ4n) is 0.915. The van der Waals surface area contributed by atoms with Crippen LogP contribution in [0.2, 0.25) is 0 Å². The molecule has 1 rings (SSSR count). The number of rotatable bonds is 3. The van der Waals surface area contributed by atoms with E-state index in [1.165, 1.54) is 0 Å². The molecule has 0 N–H and O–H groups in total. The van der Waals surface area contributed by atoms with E-state index in [0.29, 0.717) is 24.4 Å². The quantitative estimate of drug-likeness (QED) is 0.577. The van der Waals surface area contributed by atoms with Crippen LogP contribution in [0.4, 0.5) is 8.78 Å². The Kier molecular flexibility index (Phi) is 2.20. The Hall–Kier alpha value is -1.98. The topological polar surface area (TPSA) is 52.4 Å². The molecule has 0 amide bonds. The molecule has 0 aromatic heterocycles. The molecule has 0 fully saturated rings. The second-order valence-electron chi connectivity index (χ2n) is 2.50. The molecule has 1 aromatic carbocycles. The van der Waals surface area contributed by atoms with E-state index in [1.54, 1.807) is 0 Å². The maximum Gasteiger partial charge on any atom is 0.235 e. The highest BCUT2D eigenvalue weighted by Gasteiger charge is 2.09. The van der Waals surface area contributed by atoms with Crippen LogP contribution in [0.25, 0.3) is 6.08 Å². The standard InChI is InChI=1S/C9H7F2NO3/c1-15-6-4-8(10)7(9(11)5-6)2-3-12(13)14/h2-5H,1H3/b3-2+/i1D3. The summed E-state index contributed by atoms with van der Waals surface area (Å²) in [5.74, 6) is -2.84. The van der Waals surface area contributed by atoms with Gasteiger partial charge in [0.15, 0.2) is 0 Å². The van der Waals surface area contributed by atoms with E-state index in [4.69, 9.17) is 4.11 Å². The summed E-state index contributed by atoms with van der Waals surface area (Å²) in [7, 11) is -2.84. The van der Waals surface area contributed by atoms with Gasteiger partial charge < -0.3 is 4.74 Å². The first-order chi connectivity index (χ1) is 8.19. The molecule has 4 nitrogen and oxygen atoms in total. The highest BCUT2D eigenvalue weighted by atomic mass is 19.1.